The molecule has 1 aromatic heterocycles. The molecule has 0 bridgehead atoms. The molecule has 4 aromatic carbocycles. The highest BCUT2D eigenvalue weighted by Gasteiger charge is 2.12. The molecule has 0 aliphatic carbocycles. The number of imidazole rings is 1. The van der Waals surface area contributed by atoms with Crippen LogP contribution in [0.5, 0.6) is 5.75 Å². The van der Waals surface area contributed by atoms with Crippen LogP contribution in [0, 0.1) is 0 Å². The van der Waals surface area contributed by atoms with Gasteiger partial charge in [-0.3, -0.25) is 0 Å². The number of aryl methyl sites for hydroxylation is 1. The average Bonchev–Trinajstić information content (AvgIpc) is 3.16. The summed E-state index contributed by atoms with van der Waals surface area (Å²) in [6.45, 7) is 1.50. The fourth-order valence-electron chi connectivity index (χ4n) is 3.79. The van der Waals surface area contributed by atoms with Crippen LogP contribution < -0.4 is 4.74 Å². The summed E-state index contributed by atoms with van der Waals surface area (Å²) in [6.07, 6.45) is 0.900. The van der Waals surface area contributed by atoms with Crippen LogP contribution in [0.4, 0.5) is 0 Å². The molecule has 3 nitrogen and oxygen atoms in total. The zero-order valence-corrected chi connectivity index (χ0v) is 18.0. The van der Waals surface area contributed by atoms with E-state index in [1.807, 2.05) is 12.1 Å². The maximum Gasteiger partial charge on any atom is 0.141 e. The first-order valence-corrected chi connectivity index (χ1v) is 10.9. The van der Waals surface area contributed by atoms with E-state index in [1.165, 1.54) is 10.8 Å². The van der Waals surface area contributed by atoms with E-state index >= 15 is 0 Å². The van der Waals surface area contributed by atoms with Gasteiger partial charge in [-0.2, -0.15) is 0 Å². The van der Waals surface area contributed by atoms with E-state index in [9.17, 15) is 0 Å². The summed E-state index contributed by atoms with van der Waals surface area (Å²) in [5, 5.41) is 2.43. The van der Waals surface area contributed by atoms with Crippen molar-refractivity contribution in [1.29, 1.82) is 0 Å². The van der Waals surface area contributed by atoms with Gasteiger partial charge in [0, 0.05) is 16.6 Å². The van der Waals surface area contributed by atoms with Gasteiger partial charge in [0.15, 0.2) is 0 Å². The third kappa shape index (κ3) is 3.83. The number of rotatable bonds is 6. The molecule has 0 aliphatic rings. The molecule has 0 saturated carbocycles. The first-order valence-electron chi connectivity index (χ1n) is 10.1. The van der Waals surface area contributed by atoms with Crippen molar-refractivity contribution in [3.05, 3.63) is 95.5 Å². The fourth-order valence-corrected chi connectivity index (χ4v) is 4.06. The SMILES string of the molecule is Brc1ccc(-c2nc3ccccc3n2CCCOc2ccc3ccccc3c2)cc1. The van der Waals surface area contributed by atoms with Gasteiger partial charge in [-0.15, -0.1) is 0 Å². The van der Waals surface area contributed by atoms with Crippen LogP contribution >= 0.6 is 15.9 Å². The van der Waals surface area contributed by atoms with E-state index in [1.54, 1.807) is 0 Å². The van der Waals surface area contributed by atoms with E-state index in [-0.39, 0.29) is 0 Å². The van der Waals surface area contributed by atoms with Gasteiger partial charge >= 0.3 is 0 Å². The van der Waals surface area contributed by atoms with Crippen LogP contribution in [0.25, 0.3) is 33.2 Å². The molecule has 0 atom stereocenters. The van der Waals surface area contributed by atoms with Gasteiger partial charge in [-0.1, -0.05) is 70.5 Å². The molecule has 0 spiro atoms. The third-order valence-corrected chi connectivity index (χ3v) is 5.80. The predicted octanol–water partition coefficient (Wildman–Crippen LogP) is 7.09. The molecule has 1 heterocycles. The maximum atomic E-state index is 6.05. The molecule has 0 aliphatic heterocycles. The van der Waals surface area contributed by atoms with Crippen molar-refractivity contribution in [2.45, 2.75) is 13.0 Å². The predicted molar refractivity (Wildman–Crippen MR) is 127 cm³/mol. The molecular formula is C26H21BrN2O. The normalized spacial score (nSPS) is 11.2. The monoisotopic (exact) mass is 456 g/mol. The van der Waals surface area contributed by atoms with Crippen LogP contribution in [-0.2, 0) is 6.54 Å². The summed E-state index contributed by atoms with van der Waals surface area (Å²) in [6, 6.07) is 31.2. The summed E-state index contributed by atoms with van der Waals surface area (Å²) in [4.78, 5) is 4.89. The zero-order valence-electron chi connectivity index (χ0n) is 16.5. The average molecular weight is 457 g/mol. The van der Waals surface area contributed by atoms with E-state index in [4.69, 9.17) is 9.72 Å². The highest BCUT2D eigenvalue weighted by Crippen LogP contribution is 2.27. The minimum Gasteiger partial charge on any atom is -0.494 e. The molecular weight excluding hydrogens is 436 g/mol. The Balaban J connectivity index is 1.34. The second kappa shape index (κ2) is 8.33. The second-order valence-corrected chi connectivity index (χ2v) is 8.21. The van der Waals surface area contributed by atoms with Crippen molar-refractivity contribution < 1.29 is 4.74 Å². The molecule has 0 amide bonds. The molecule has 0 unspecified atom stereocenters. The van der Waals surface area contributed by atoms with Gasteiger partial charge in [0.05, 0.1) is 17.6 Å². The number of ether oxygens (including phenoxy) is 1. The van der Waals surface area contributed by atoms with E-state index < -0.39 is 0 Å². The first kappa shape index (κ1) is 18.9. The Bertz CT molecular complexity index is 1310. The summed E-state index contributed by atoms with van der Waals surface area (Å²) in [5.74, 6) is 1.91. The first-order chi connectivity index (χ1) is 14.8. The summed E-state index contributed by atoms with van der Waals surface area (Å²) < 4.78 is 9.41. The van der Waals surface area contributed by atoms with Crippen molar-refractivity contribution in [2.75, 3.05) is 6.61 Å². The number of aromatic nitrogens is 2. The van der Waals surface area contributed by atoms with Crippen LogP contribution in [-0.4, -0.2) is 16.2 Å². The Labute approximate surface area is 184 Å². The Kier molecular flexibility index (Phi) is 5.24. The number of hydrogen-bond acceptors (Lipinski definition) is 2. The van der Waals surface area contributed by atoms with Crippen LogP contribution in [0.15, 0.2) is 95.5 Å². The highest BCUT2D eigenvalue weighted by atomic mass is 79.9. The largest absolute Gasteiger partial charge is 0.494 e. The van der Waals surface area contributed by atoms with Crippen molar-refractivity contribution in [1.82, 2.24) is 9.55 Å². The van der Waals surface area contributed by atoms with E-state index in [0.29, 0.717) is 6.61 Å². The Morgan fingerprint density at radius 1 is 0.800 bits per heavy atom. The van der Waals surface area contributed by atoms with Crippen molar-refractivity contribution >= 4 is 37.7 Å². The minimum absolute atomic E-state index is 0.657. The van der Waals surface area contributed by atoms with Crippen molar-refractivity contribution in [3.8, 4) is 17.1 Å². The topological polar surface area (TPSA) is 27.1 Å². The molecule has 4 heteroatoms. The van der Waals surface area contributed by atoms with Crippen molar-refractivity contribution in [3.63, 3.8) is 0 Å². The molecule has 30 heavy (non-hydrogen) atoms. The Morgan fingerprint density at radius 2 is 1.57 bits per heavy atom. The molecule has 5 rings (SSSR count). The lowest BCUT2D eigenvalue weighted by Gasteiger charge is -2.11. The van der Waals surface area contributed by atoms with Gasteiger partial charge in [-0.25, -0.2) is 4.98 Å². The number of halogens is 1. The van der Waals surface area contributed by atoms with E-state index in [2.05, 4.69) is 99.4 Å². The zero-order chi connectivity index (χ0) is 20.3. The van der Waals surface area contributed by atoms with Crippen LogP contribution in [0.2, 0.25) is 0 Å². The number of fused-ring (bicyclic) bond motifs is 2. The summed E-state index contributed by atoms with van der Waals surface area (Å²) in [5.41, 5.74) is 3.29. The number of benzene rings is 4. The number of nitrogens with zero attached hydrogens (tertiary/aromatic N) is 2. The number of para-hydroxylation sites is 2. The quantitative estimate of drug-likeness (QED) is 0.255. The van der Waals surface area contributed by atoms with Gasteiger partial charge in [0.1, 0.15) is 11.6 Å². The maximum absolute atomic E-state index is 6.05. The lowest BCUT2D eigenvalue weighted by Crippen LogP contribution is -2.06. The smallest absolute Gasteiger partial charge is 0.141 e. The molecule has 0 radical (unpaired) electrons. The molecule has 0 N–H and O–H groups in total. The standard InChI is InChI=1S/C26H21BrN2O/c27-22-13-10-20(11-14-22)26-28-24-8-3-4-9-25(24)29(26)16-5-17-30-23-15-12-19-6-1-2-7-21(19)18-23/h1-4,6-15,18H,5,16-17H2. The second-order valence-electron chi connectivity index (χ2n) is 7.29. The minimum atomic E-state index is 0.657. The Hall–Kier alpha value is -3.11. The lowest BCUT2D eigenvalue weighted by molar-refractivity contribution is 0.303. The summed E-state index contributed by atoms with van der Waals surface area (Å²) in [7, 11) is 0. The highest BCUT2D eigenvalue weighted by molar-refractivity contribution is 9.10. The van der Waals surface area contributed by atoms with Gasteiger partial charge in [0.25, 0.3) is 0 Å². The molecule has 5 aromatic rings. The van der Waals surface area contributed by atoms with E-state index in [0.717, 1.165) is 45.6 Å². The Morgan fingerprint density at radius 3 is 2.43 bits per heavy atom. The third-order valence-electron chi connectivity index (χ3n) is 5.27. The van der Waals surface area contributed by atoms with Crippen molar-refractivity contribution in [2.24, 2.45) is 0 Å². The molecule has 148 valence electrons. The van der Waals surface area contributed by atoms with Gasteiger partial charge < -0.3 is 9.30 Å². The molecule has 0 fully saturated rings. The fraction of sp³-hybridized carbons (Fsp3) is 0.115. The van der Waals surface area contributed by atoms with Gasteiger partial charge in [-0.05, 0) is 53.6 Å². The van der Waals surface area contributed by atoms with Crippen LogP contribution in [0.3, 0.4) is 0 Å². The summed E-state index contributed by atoms with van der Waals surface area (Å²) >= 11 is 3.52. The number of hydrogen-bond donors (Lipinski definition) is 0. The molecule has 0 saturated heterocycles. The van der Waals surface area contributed by atoms with Crippen LogP contribution in [0.1, 0.15) is 6.42 Å². The lowest BCUT2D eigenvalue weighted by atomic mass is 10.1. The van der Waals surface area contributed by atoms with Gasteiger partial charge in [0.2, 0.25) is 0 Å².